The van der Waals surface area contributed by atoms with Crippen molar-refractivity contribution in [2.75, 3.05) is 0 Å². The Hall–Kier alpha value is -1.16. The Balaban J connectivity index is 2.34. The zero-order chi connectivity index (χ0) is 9.52. The van der Waals surface area contributed by atoms with Crippen LogP contribution in [-0.2, 0) is 0 Å². The summed E-state index contributed by atoms with van der Waals surface area (Å²) in [7, 11) is 0. The Bertz CT molecular complexity index is 280. The topological polar surface area (TPSA) is 41.5 Å². The minimum atomic E-state index is -0.137. The Morgan fingerprint density at radius 2 is 2.62 bits per heavy atom. The summed E-state index contributed by atoms with van der Waals surface area (Å²) in [6, 6.07) is 3.62. The van der Waals surface area contributed by atoms with Crippen LogP contribution in [0.1, 0.15) is 29.4 Å². The number of hydrogen-bond donors (Lipinski definition) is 1. The highest BCUT2D eigenvalue weighted by Crippen LogP contribution is 2.07. The zero-order valence-electron chi connectivity index (χ0n) is 7.49. The predicted octanol–water partition coefficient (Wildman–Crippen LogP) is 2.26. The zero-order valence-corrected chi connectivity index (χ0v) is 8.30. The van der Waals surface area contributed by atoms with Crippen molar-refractivity contribution in [3.8, 4) is 0 Å². The lowest BCUT2D eigenvalue weighted by Crippen LogP contribution is -2.15. The molecule has 0 saturated carbocycles. The molecule has 0 unspecified atom stereocenters. The summed E-state index contributed by atoms with van der Waals surface area (Å²) in [5.74, 6) is -0.137. The molecule has 0 spiro atoms. The first-order valence-corrected chi connectivity index (χ1v) is 5.08. The number of nitrogens with one attached hydrogen (secondary N) is 1. The van der Waals surface area contributed by atoms with E-state index >= 15 is 0 Å². The standard InChI is InChI=1S/C9H12N2OS/c1-2-3-6-10-11-9(12)8-5-4-7-13-8/h4-7H,2-3H2,1H3,(H,11,12). The van der Waals surface area contributed by atoms with Crippen LogP contribution in [-0.4, -0.2) is 12.1 Å². The van der Waals surface area contributed by atoms with Crippen molar-refractivity contribution >= 4 is 23.5 Å². The second-order valence-electron chi connectivity index (χ2n) is 2.52. The molecule has 0 aliphatic rings. The molecule has 0 saturated heterocycles. The molecule has 0 bridgehead atoms. The molecule has 1 amide bonds. The summed E-state index contributed by atoms with van der Waals surface area (Å²) < 4.78 is 0. The lowest BCUT2D eigenvalue weighted by Gasteiger charge is -1.93. The van der Waals surface area contributed by atoms with Crippen LogP contribution >= 0.6 is 11.3 Å². The Kier molecular flexibility index (Phi) is 4.18. The molecule has 1 N–H and O–H groups in total. The normalized spacial score (nSPS) is 10.5. The van der Waals surface area contributed by atoms with Gasteiger partial charge in [0, 0.05) is 6.21 Å². The Morgan fingerprint density at radius 1 is 1.77 bits per heavy atom. The monoisotopic (exact) mass is 196 g/mol. The molecule has 0 aliphatic carbocycles. The minimum absolute atomic E-state index is 0.137. The Labute approximate surface area is 81.5 Å². The third kappa shape index (κ3) is 3.38. The highest BCUT2D eigenvalue weighted by atomic mass is 32.1. The van der Waals surface area contributed by atoms with Crippen LogP contribution in [0.5, 0.6) is 0 Å². The molecular formula is C9H12N2OS. The van der Waals surface area contributed by atoms with Gasteiger partial charge >= 0.3 is 0 Å². The lowest BCUT2D eigenvalue weighted by atomic mass is 10.4. The van der Waals surface area contributed by atoms with E-state index in [-0.39, 0.29) is 5.91 Å². The van der Waals surface area contributed by atoms with Crippen molar-refractivity contribution in [2.45, 2.75) is 19.8 Å². The maximum atomic E-state index is 11.3. The second-order valence-corrected chi connectivity index (χ2v) is 3.47. The molecule has 13 heavy (non-hydrogen) atoms. The molecule has 0 atom stereocenters. The van der Waals surface area contributed by atoms with Crippen molar-refractivity contribution < 1.29 is 4.79 Å². The van der Waals surface area contributed by atoms with Gasteiger partial charge < -0.3 is 0 Å². The molecule has 0 radical (unpaired) electrons. The molecule has 0 fully saturated rings. The molecule has 0 aliphatic heterocycles. The molecule has 4 heteroatoms. The van der Waals surface area contributed by atoms with Gasteiger partial charge in [-0.3, -0.25) is 4.79 Å². The van der Waals surface area contributed by atoms with Crippen LogP contribution in [0.25, 0.3) is 0 Å². The van der Waals surface area contributed by atoms with Crippen molar-refractivity contribution in [2.24, 2.45) is 5.10 Å². The largest absolute Gasteiger partial charge is 0.281 e. The van der Waals surface area contributed by atoms with Crippen LogP contribution < -0.4 is 5.43 Å². The van der Waals surface area contributed by atoms with Crippen LogP contribution in [0.4, 0.5) is 0 Å². The minimum Gasteiger partial charge on any atom is -0.266 e. The van der Waals surface area contributed by atoms with E-state index in [2.05, 4.69) is 17.5 Å². The lowest BCUT2D eigenvalue weighted by molar-refractivity contribution is 0.0959. The van der Waals surface area contributed by atoms with Crippen molar-refractivity contribution in [1.82, 2.24) is 5.43 Å². The van der Waals surface area contributed by atoms with Crippen molar-refractivity contribution in [3.63, 3.8) is 0 Å². The summed E-state index contributed by atoms with van der Waals surface area (Å²) in [5.41, 5.74) is 2.46. The van der Waals surface area contributed by atoms with Crippen LogP contribution in [0.15, 0.2) is 22.6 Å². The summed E-state index contributed by atoms with van der Waals surface area (Å²) in [4.78, 5) is 11.9. The fourth-order valence-electron chi connectivity index (χ4n) is 0.761. The predicted molar refractivity (Wildman–Crippen MR) is 55.2 cm³/mol. The fourth-order valence-corrected chi connectivity index (χ4v) is 1.37. The van der Waals surface area contributed by atoms with Gasteiger partial charge in [0.15, 0.2) is 0 Å². The quantitative estimate of drug-likeness (QED) is 0.582. The molecule has 1 rings (SSSR count). The van der Waals surface area contributed by atoms with E-state index in [0.29, 0.717) is 4.88 Å². The van der Waals surface area contributed by atoms with Gasteiger partial charge in [-0.25, -0.2) is 5.43 Å². The maximum Gasteiger partial charge on any atom is 0.281 e. The van der Waals surface area contributed by atoms with E-state index in [1.54, 1.807) is 12.3 Å². The van der Waals surface area contributed by atoms with Gasteiger partial charge in [-0.15, -0.1) is 11.3 Å². The van der Waals surface area contributed by atoms with Gasteiger partial charge in [0.1, 0.15) is 0 Å². The number of hydrazone groups is 1. The van der Waals surface area contributed by atoms with E-state index in [0.717, 1.165) is 12.8 Å². The molecule has 3 nitrogen and oxygen atoms in total. The van der Waals surface area contributed by atoms with Crippen LogP contribution in [0, 0.1) is 0 Å². The molecule has 70 valence electrons. The number of rotatable bonds is 4. The number of hydrogen-bond acceptors (Lipinski definition) is 3. The van der Waals surface area contributed by atoms with Crippen LogP contribution in [0.2, 0.25) is 0 Å². The average molecular weight is 196 g/mol. The summed E-state index contributed by atoms with van der Waals surface area (Å²) in [6.45, 7) is 2.06. The molecule has 1 aromatic rings. The first-order chi connectivity index (χ1) is 6.34. The second kappa shape index (κ2) is 5.48. The van der Waals surface area contributed by atoms with Gasteiger partial charge in [-0.05, 0) is 17.9 Å². The van der Waals surface area contributed by atoms with Gasteiger partial charge in [0.05, 0.1) is 4.88 Å². The third-order valence-corrected chi connectivity index (χ3v) is 2.29. The molecule has 1 heterocycles. The van der Waals surface area contributed by atoms with Gasteiger partial charge in [-0.1, -0.05) is 19.4 Å². The highest BCUT2D eigenvalue weighted by molar-refractivity contribution is 7.12. The van der Waals surface area contributed by atoms with E-state index in [9.17, 15) is 4.79 Å². The number of nitrogens with zero attached hydrogens (tertiary/aromatic N) is 1. The Morgan fingerprint density at radius 3 is 3.23 bits per heavy atom. The van der Waals surface area contributed by atoms with Gasteiger partial charge in [0.25, 0.3) is 5.91 Å². The van der Waals surface area contributed by atoms with E-state index < -0.39 is 0 Å². The van der Waals surface area contributed by atoms with Gasteiger partial charge in [-0.2, -0.15) is 5.10 Å². The van der Waals surface area contributed by atoms with E-state index in [1.807, 2.05) is 11.4 Å². The summed E-state index contributed by atoms with van der Waals surface area (Å²) >= 11 is 1.41. The summed E-state index contributed by atoms with van der Waals surface area (Å²) in [6.07, 6.45) is 3.65. The number of carbonyl (C=O) groups is 1. The molecule has 1 aromatic heterocycles. The molecule has 0 aromatic carbocycles. The number of amides is 1. The third-order valence-electron chi connectivity index (χ3n) is 1.42. The first-order valence-electron chi connectivity index (χ1n) is 4.20. The van der Waals surface area contributed by atoms with Gasteiger partial charge in [0.2, 0.25) is 0 Å². The van der Waals surface area contributed by atoms with Crippen molar-refractivity contribution in [1.29, 1.82) is 0 Å². The first kappa shape index (κ1) is 9.92. The van der Waals surface area contributed by atoms with E-state index in [1.165, 1.54) is 11.3 Å². The van der Waals surface area contributed by atoms with E-state index in [4.69, 9.17) is 0 Å². The van der Waals surface area contributed by atoms with Crippen LogP contribution in [0.3, 0.4) is 0 Å². The number of thiophene rings is 1. The smallest absolute Gasteiger partial charge is 0.266 e. The average Bonchev–Trinajstić information content (AvgIpc) is 2.65. The maximum absolute atomic E-state index is 11.3. The number of carbonyl (C=O) groups excluding carboxylic acids is 1. The number of unbranched alkanes of at least 4 members (excludes halogenated alkanes) is 1. The summed E-state index contributed by atoms with van der Waals surface area (Å²) in [5, 5.41) is 5.66. The molecular weight excluding hydrogens is 184 g/mol. The van der Waals surface area contributed by atoms with Crippen molar-refractivity contribution in [3.05, 3.63) is 22.4 Å². The SMILES string of the molecule is CCCC=NNC(=O)c1cccs1. The highest BCUT2D eigenvalue weighted by Gasteiger charge is 2.02. The fraction of sp³-hybridized carbons (Fsp3) is 0.333.